The first kappa shape index (κ1) is 11.9. The van der Waals surface area contributed by atoms with E-state index in [2.05, 4.69) is 22.9 Å². The average Bonchev–Trinajstić information content (AvgIpc) is 1.85. The molecule has 0 aliphatic carbocycles. The van der Waals surface area contributed by atoms with Crippen LogP contribution in [0.5, 0.6) is 0 Å². The Kier molecular flexibility index (Phi) is 4.83. The van der Waals surface area contributed by atoms with E-state index in [1.54, 1.807) is 6.92 Å². The van der Waals surface area contributed by atoms with E-state index in [1.165, 1.54) is 0 Å². The molecule has 2 nitrogen and oxygen atoms in total. The maximum absolute atomic E-state index is 11.2. The van der Waals surface area contributed by atoms with Gasteiger partial charge in [-0.2, -0.15) is 0 Å². The number of rotatable bonds is 4. The summed E-state index contributed by atoms with van der Waals surface area (Å²) in [6.07, 6.45) is 1.93. The zero-order valence-corrected chi connectivity index (χ0v) is 9.77. The second kappa shape index (κ2) is 4.85. The molecule has 1 unspecified atom stereocenters. The van der Waals surface area contributed by atoms with Crippen LogP contribution in [0.3, 0.4) is 0 Å². The molecule has 0 saturated carbocycles. The fourth-order valence-electron chi connectivity index (χ4n) is 1.01. The van der Waals surface area contributed by atoms with E-state index < -0.39 is 0 Å². The van der Waals surface area contributed by atoms with Crippen LogP contribution in [-0.2, 0) is 9.53 Å². The zero-order chi connectivity index (χ0) is 9.78. The van der Waals surface area contributed by atoms with Crippen molar-refractivity contribution in [3.63, 3.8) is 0 Å². The van der Waals surface area contributed by atoms with E-state index in [9.17, 15) is 4.79 Å². The number of alkyl halides is 1. The van der Waals surface area contributed by atoms with Gasteiger partial charge < -0.3 is 4.74 Å². The predicted molar refractivity (Wildman–Crippen MR) is 53.5 cm³/mol. The van der Waals surface area contributed by atoms with Crippen molar-refractivity contribution in [2.24, 2.45) is 0 Å². The molecule has 0 aromatic carbocycles. The van der Waals surface area contributed by atoms with Gasteiger partial charge in [-0.05, 0) is 27.2 Å². The van der Waals surface area contributed by atoms with Crippen LogP contribution in [-0.4, -0.2) is 16.4 Å². The third-order valence-corrected chi connectivity index (χ3v) is 1.93. The van der Waals surface area contributed by atoms with Crippen molar-refractivity contribution >= 4 is 21.9 Å². The molecule has 0 fully saturated rings. The van der Waals surface area contributed by atoms with Crippen molar-refractivity contribution < 1.29 is 9.53 Å². The Morgan fingerprint density at radius 2 is 2.08 bits per heavy atom. The molecule has 3 heteroatoms. The van der Waals surface area contributed by atoms with Crippen LogP contribution in [0, 0.1) is 0 Å². The molecule has 0 bridgehead atoms. The minimum absolute atomic E-state index is 0.187. The molecule has 12 heavy (non-hydrogen) atoms. The minimum Gasteiger partial charge on any atom is -0.459 e. The number of carbonyl (C=O) groups is 1. The second-order valence-corrected chi connectivity index (χ2v) is 4.92. The Hall–Kier alpha value is -0.0500. The third-order valence-electron chi connectivity index (χ3n) is 1.55. The van der Waals surface area contributed by atoms with Gasteiger partial charge in [-0.1, -0.05) is 29.3 Å². The summed E-state index contributed by atoms with van der Waals surface area (Å²) in [6, 6.07) is 0. The Balaban J connectivity index is 3.96. The van der Waals surface area contributed by atoms with Crippen LogP contribution in [0.1, 0.15) is 40.5 Å². The molecule has 0 spiro atoms. The fraction of sp³-hybridized carbons (Fsp3) is 0.889. The molecule has 0 aliphatic rings. The van der Waals surface area contributed by atoms with Gasteiger partial charge in [0.15, 0.2) is 0 Å². The Morgan fingerprint density at radius 1 is 1.58 bits per heavy atom. The maximum atomic E-state index is 11.2. The summed E-state index contributed by atoms with van der Waals surface area (Å²) in [4.78, 5) is 10.9. The summed E-state index contributed by atoms with van der Waals surface area (Å²) in [5.41, 5.74) is -0.326. The molecule has 0 rings (SSSR count). The predicted octanol–water partition coefficient (Wildman–Crippen LogP) is 2.89. The van der Waals surface area contributed by atoms with Gasteiger partial charge in [0.1, 0.15) is 10.4 Å². The largest absolute Gasteiger partial charge is 0.459 e. The van der Waals surface area contributed by atoms with E-state index in [1.807, 2.05) is 13.8 Å². The lowest BCUT2D eigenvalue weighted by molar-refractivity contribution is -0.155. The number of hydrogen-bond acceptors (Lipinski definition) is 2. The second-order valence-electron chi connectivity index (χ2n) is 3.55. The topological polar surface area (TPSA) is 26.3 Å². The van der Waals surface area contributed by atoms with E-state index in [0.717, 1.165) is 12.8 Å². The summed E-state index contributed by atoms with van der Waals surface area (Å²) in [5, 5.41) is 0. The standard InChI is InChI=1S/C9H17BrO2/c1-5-6-9(3,4)12-8(11)7(2)10/h7H,5-6H2,1-4H3. The van der Waals surface area contributed by atoms with Crippen LogP contribution in [0.15, 0.2) is 0 Å². The van der Waals surface area contributed by atoms with Gasteiger partial charge in [-0.25, -0.2) is 0 Å². The van der Waals surface area contributed by atoms with Crippen molar-refractivity contribution in [3.8, 4) is 0 Å². The Bertz CT molecular complexity index is 153. The summed E-state index contributed by atoms with van der Waals surface area (Å²) in [6.45, 7) is 7.71. The molecule has 0 heterocycles. The summed E-state index contributed by atoms with van der Waals surface area (Å²) in [7, 11) is 0. The highest BCUT2D eigenvalue weighted by molar-refractivity contribution is 9.10. The van der Waals surface area contributed by atoms with E-state index in [0.29, 0.717) is 0 Å². The molecule has 0 amide bonds. The lowest BCUT2D eigenvalue weighted by atomic mass is 10.0. The summed E-state index contributed by atoms with van der Waals surface area (Å²) >= 11 is 3.17. The molecular formula is C9H17BrO2. The van der Waals surface area contributed by atoms with Gasteiger partial charge in [0.05, 0.1) is 0 Å². The molecule has 0 aromatic heterocycles. The van der Waals surface area contributed by atoms with Crippen molar-refractivity contribution in [3.05, 3.63) is 0 Å². The fourth-order valence-corrected chi connectivity index (χ4v) is 1.10. The minimum atomic E-state index is -0.326. The molecular weight excluding hydrogens is 220 g/mol. The Labute approximate surface area is 82.8 Å². The summed E-state index contributed by atoms with van der Waals surface area (Å²) in [5.74, 6) is -0.187. The summed E-state index contributed by atoms with van der Waals surface area (Å²) < 4.78 is 5.25. The number of esters is 1. The smallest absolute Gasteiger partial charge is 0.319 e. The highest BCUT2D eigenvalue weighted by Gasteiger charge is 2.23. The SMILES string of the molecule is CCCC(C)(C)OC(=O)C(C)Br. The molecule has 0 N–H and O–H groups in total. The van der Waals surface area contributed by atoms with Crippen LogP contribution in [0.2, 0.25) is 0 Å². The normalized spacial score (nSPS) is 14.1. The quantitative estimate of drug-likeness (QED) is 0.555. The van der Waals surface area contributed by atoms with Crippen molar-refractivity contribution in [1.29, 1.82) is 0 Å². The average molecular weight is 237 g/mol. The molecule has 1 atom stereocenters. The van der Waals surface area contributed by atoms with E-state index in [-0.39, 0.29) is 16.4 Å². The first-order valence-corrected chi connectivity index (χ1v) is 5.17. The molecule has 72 valence electrons. The molecule has 0 aliphatic heterocycles. The molecule has 0 aromatic rings. The molecule has 0 saturated heterocycles. The van der Waals surface area contributed by atoms with Crippen LogP contribution < -0.4 is 0 Å². The van der Waals surface area contributed by atoms with Gasteiger partial charge >= 0.3 is 5.97 Å². The van der Waals surface area contributed by atoms with Crippen LogP contribution in [0.4, 0.5) is 0 Å². The van der Waals surface area contributed by atoms with Gasteiger partial charge in [0.25, 0.3) is 0 Å². The number of ether oxygens (including phenoxy) is 1. The highest BCUT2D eigenvalue weighted by Crippen LogP contribution is 2.18. The van der Waals surface area contributed by atoms with Gasteiger partial charge in [0.2, 0.25) is 0 Å². The number of carbonyl (C=O) groups excluding carboxylic acids is 1. The first-order chi connectivity index (χ1) is 5.39. The van der Waals surface area contributed by atoms with Gasteiger partial charge in [0, 0.05) is 0 Å². The lowest BCUT2D eigenvalue weighted by Crippen LogP contribution is -2.30. The van der Waals surface area contributed by atoms with Crippen molar-refractivity contribution in [1.82, 2.24) is 0 Å². The molecule has 0 radical (unpaired) electrons. The maximum Gasteiger partial charge on any atom is 0.319 e. The Morgan fingerprint density at radius 3 is 2.42 bits per heavy atom. The number of halogens is 1. The third kappa shape index (κ3) is 4.75. The van der Waals surface area contributed by atoms with Crippen LogP contribution in [0.25, 0.3) is 0 Å². The van der Waals surface area contributed by atoms with E-state index >= 15 is 0 Å². The van der Waals surface area contributed by atoms with Crippen molar-refractivity contribution in [2.45, 2.75) is 51.0 Å². The van der Waals surface area contributed by atoms with Gasteiger partial charge in [-0.15, -0.1) is 0 Å². The van der Waals surface area contributed by atoms with Gasteiger partial charge in [-0.3, -0.25) is 4.79 Å². The highest BCUT2D eigenvalue weighted by atomic mass is 79.9. The zero-order valence-electron chi connectivity index (χ0n) is 8.19. The van der Waals surface area contributed by atoms with Crippen LogP contribution >= 0.6 is 15.9 Å². The number of hydrogen-bond donors (Lipinski definition) is 0. The van der Waals surface area contributed by atoms with E-state index in [4.69, 9.17) is 4.74 Å². The monoisotopic (exact) mass is 236 g/mol. The van der Waals surface area contributed by atoms with Crippen molar-refractivity contribution in [2.75, 3.05) is 0 Å². The lowest BCUT2D eigenvalue weighted by Gasteiger charge is -2.25. The first-order valence-electron chi connectivity index (χ1n) is 4.26.